The molecule has 0 N–H and O–H groups in total. The first kappa shape index (κ1) is 23.3. The number of hydrogen-bond donors (Lipinski definition) is 0. The summed E-state index contributed by atoms with van der Waals surface area (Å²) in [5.74, 6) is 1.47. The summed E-state index contributed by atoms with van der Waals surface area (Å²) in [5.41, 5.74) is 2.41. The van der Waals surface area contributed by atoms with Gasteiger partial charge in [-0.2, -0.15) is 0 Å². The number of ether oxygens (including phenoxy) is 2. The minimum absolute atomic E-state index is 0.137. The van der Waals surface area contributed by atoms with Crippen LogP contribution in [-0.4, -0.2) is 38.3 Å². The van der Waals surface area contributed by atoms with Crippen LogP contribution in [0, 0.1) is 5.92 Å². The van der Waals surface area contributed by atoms with Crippen LogP contribution in [0.25, 0.3) is 0 Å². The second kappa shape index (κ2) is 12.5. The Labute approximate surface area is 191 Å². The van der Waals surface area contributed by atoms with Crippen LogP contribution in [-0.2, 0) is 22.4 Å². The van der Waals surface area contributed by atoms with E-state index in [0.29, 0.717) is 13.0 Å². The average molecular weight is 433 g/mol. The van der Waals surface area contributed by atoms with E-state index >= 15 is 0 Å². The zero-order valence-corrected chi connectivity index (χ0v) is 18.9. The average Bonchev–Trinajstić information content (AvgIpc) is 2.85. The molecular formula is C27H32N2O3. The van der Waals surface area contributed by atoms with Crippen molar-refractivity contribution in [2.45, 2.75) is 25.7 Å². The summed E-state index contributed by atoms with van der Waals surface area (Å²) in [6.45, 7) is 1.31. The highest BCUT2D eigenvalue weighted by Crippen LogP contribution is 2.20. The molecular weight excluding hydrogens is 400 g/mol. The number of benzene rings is 2. The summed E-state index contributed by atoms with van der Waals surface area (Å²) in [5, 5.41) is 0. The minimum Gasteiger partial charge on any atom is -0.492 e. The maximum Gasteiger partial charge on any atom is 0.308 e. The molecule has 1 atom stereocenters. The van der Waals surface area contributed by atoms with Gasteiger partial charge in [0.2, 0.25) is 0 Å². The zero-order chi connectivity index (χ0) is 22.6. The Morgan fingerprint density at radius 3 is 2.41 bits per heavy atom. The Kier molecular flexibility index (Phi) is 9.11. The molecule has 0 aliphatic heterocycles. The summed E-state index contributed by atoms with van der Waals surface area (Å²) in [6.07, 6.45) is 5.18. The highest BCUT2D eigenvalue weighted by molar-refractivity contribution is 5.72. The first-order chi connectivity index (χ1) is 15.7. The van der Waals surface area contributed by atoms with E-state index < -0.39 is 0 Å². The topological polar surface area (TPSA) is 51.7 Å². The number of aryl methyl sites for hydroxylation is 1. The van der Waals surface area contributed by atoms with Gasteiger partial charge >= 0.3 is 5.97 Å². The quantitative estimate of drug-likeness (QED) is 0.379. The molecule has 3 rings (SSSR count). The van der Waals surface area contributed by atoms with Crippen LogP contribution >= 0.6 is 0 Å². The summed E-state index contributed by atoms with van der Waals surface area (Å²) in [7, 11) is 3.46. The standard InChI is InChI=1S/C27H32N2O3/c1-29(26-13-6-7-18-28-26)19-20-32-25-16-14-23(15-17-25)21-24(27(30)31-2)12-8-11-22-9-4-3-5-10-22/h3-7,9-10,13-18,24H,8,11-12,19-21H2,1-2H3. The number of pyridine rings is 1. The SMILES string of the molecule is COC(=O)C(CCCc1ccccc1)Cc1ccc(OCCN(C)c2ccccn2)cc1. The molecule has 0 amide bonds. The van der Waals surface area contributed by atoms with Gasteiger partial charge in [0.15, 0.2) is 0 Å². The number of likely N-dealkylation sites (N-methyl/N-ethyl adjacent to an activating group) is 1. The third-order valence-electron chi connectivity index (χ3n) is 5.54. The van der Waals surface area contributed by atoms with Gasteiger partial charge in [0.1, 0.15) is 18.2 Å². The molecule has 3 aromatic rings. The lowest BCUT2D eigenvalue weighted by atomic mass is 9.93. The molecule has 0 aliphatic rings. The molecule has 5 nitrogen and oxygen atoms in total. The van der Waals surface area contributed by atoms with E-state index in [1.165, 1.54) is 12.7 Å². The van der Waals surface area contributed by atoms with Crippen LogP contribution in [0.3, 0.4) is 0 Å². The van der Waals surface area contributed by atoms with Gasteiger partial charge in [-0.15, -0.1) is 0 Å². The van der Waals surface area contributed by atoms with Crippen molar-refractivity contribution in [2.75, 3.05) is 32.2 Å². The monoisotopic (exact) mass is 432 g/mol. The fourth-order valence-electron chi connectivity index (χ4n) is 3.67. The number of carbonyl (C=O) groups excluding carboxylic acids is 1. The van der Waals surface area contributed by atoms with Crippen LogP contribution in [0.15, 0.2) is 79.0 Å². The molecule has 1 heterocycles. The van der Waals surface area contributed by atoms with Crippen molar-refractivity contribution in [1.82, 2.24) is 4.98 Å². The second-order valence-corrected chi connectivity index (χ2v) is 7.90. The first-order valence-corrected chi connectivity index (χ1v) is 11.1. The Hall–Kier alpha value is -3.34. The number of carbonyl (C=O) groups is 1. The number of methoxy groups -OCH3 is 1. The number of aromatic nitrogens is 1. The predicted octanol–water partition coefficient (Wildman–Crippen LogP) is 4.95. The lowest BCUT2D eigenvalue weighted by molar-refractivity contribution is -0.145. The minimum atomic E-state index is -0.143. The molecule has 0 radical (unpaired) electrons. The lowest BCUT2D eigenvalue weighted by Crippen LogP contribution is -2.24. The van der Waals surface area contributed by atoms with Gasteiger partial charge in [0, 0.05) is 13.2 Å². The Bertz CT molecular complexity index is 930. The molecule has 0 fully saturated rings. The molecule has 5 heteroatoms. The third kappa shape index (κ3) is 7.41. The van der Waals surface area contributed by atoms with Crippen molar-refractivity contribution >= 4 is 11.8 Å². The van der Waals surface area contributed by atoms with E-state index in [1.54, 1.807) is 6.20 Å². The number of esters is 1. The normalized spacial score (nSPS) is 11.6. The number of nitrogens with zero attached hydrogens (tertiary/aromatic N) is 2. The van der Waals surface area contributed by atoms with Gasteiger partial charge < -0.3 is 14.4 Å². The maximum atomic E-state index is 12.3. The van der Waals surface area contributed by atoms with Crippen LogP contribution < -0.4 is 9.64 Å². The van der Waals surface area contributed by atoms with Gasteiger partial charge in [-0.3, -0.25) is 4.79 Å². The molecule has 0 saturated carbocycles. The molecule has 32 heavy (non-hydrogen) atoms. The van der Waals surface area contributed by atoms with E-state index in [0.717, 1.165) is 42.9 Å². The number of rotatable bonds is 12. The smallest absolute Gasteiger partial charge is 0.308 e. The lowest BCUT2D eigenvalue weighted by Gasteiger charge is -2.18. The molecule has 0 aliphatic carbocycles. The first-order valence-electron chi connectivity index (χ1n) is 11.1. The van der Waals surface area contributed by atoms with E-state index in [-0.39, 0.29) is 11.9 Å². The van der Waals surface area contributed by atoms with Crippen molar-refractivity contribution in [3.63, 3.8) is 0 Å². The predicted molar refractivity (Wildman–Crippen MR) is 128 cm³/mol. The van der Waals surface area contributed by atoms with E-state index in [1.807, 2.05) is 67.7 Å². The Balaban J connectivity index is 1.46. The van der Waals surface area contributed by atoms with Crippen LogP contribution in [0.2, 0.25) is 0 Å². The molecule has 0 bridgehead atoms. The largest absolute Gasteiger partial charge is 0.492 e. The fraction of sp³-hybridized carbons (Fsp3) is 0.333. The third-order valence-corrected chi connectivity index (χ3v) is 5.54. The van der Waals surface area contributed by atoms with Crippen molar-refractivity contribution in [2.24, 2.45) is 5.92 Å². The van der Waals surface area contributed by atoms with Gasteiger partial charge in [0.25, 0.3) is 0 Å². The van der Waals surface area contributed by atoms with Crippen molar-refractivity contribution in [3.8, 4) is 5.75 Å². The van der Waals surface area contributed by atoms with E-state index in [4.69, 9.17) is 9.47 Å². The second-order valence-electron chi connectivity index (χ2n) is 7.90. The summed E-state index contributed by atoms with van der Waals surface area (Å²) >= 11 is 0. The van der Waals surface area contributed by atoms with Crippen LogP contribution in [0.1, 0.15) is 24.0 Å². The molecule has 0 saturated heterocycles. The Morgan fingerprint density at radius 1 is 0.969 bits per heavy atom. The molecule has 1 unspecified atom stereocenters. The highest BCUT2D eigenvalue weighted by atomic mass is 16.5. The Morgan fingerprint density at radius 2 is 1.72 bits per heavy atom. The number of anilines is 1. The zero-order valence-electron chi connectivity index (χ0n) is 18.9. The molecule has 2 aromatic carbocycles. The summed E-state index contributed by atoms with van der Waals surface area (Å²) in [4.78, 5) is 18.7. The van der Waals surface area contributed by atoms with E-state index in [9.17, 15) is 4.79 Å². The van der Waals surface area contributed by atoms with Crippen LogP contribution in [0.5, 0.6) is 5.75 Å². The molecule has 0 spiro atoms. The molecule has 168 valence electrons. The number of hydrogen-bond acceptors (Lipinski definition) is 5. The highest BCUT2D eigenvalue weighted by Gasteiger charge is 2.19. The summed E-state index contributed by atoms with van der Waals surface area (Å²) in [6, 6.07) is 24.2. The summed E-state index contributed by atoms with van der Waals surface area (Å²) < 4.78 is 10.9. The van der Waals surface area contributed by atoms with Gasteiger partial charge in [-0.25, -0.2) is 4.98 Å². The molecule has 1 aromatic heterocycles. The van der Waals surface area contributed by atoms with Gasteiger partial charge in [0.05, 0.1) is 19.6 Å². The van der Waals surface area contributed by atoms with Gasteiger partial charge in [-0.05, 0) is 61.1 Å². The van der Waals surface area contributed by atoms with Crippen LogP contribution in [0.4, 0.5) is 5.82 Å². The van der Waals surface area contributed by atoms with Crippen molar-refractivity contribution < 1.29 is 14.3 Å². The van der Waals surface area contributed by atoms with Gasteiger partial charge in [-0.1, -0.05) is 48.5 Å². The fourth-order valence-corrected chi connectivity index (χ4v) is 3.67. The van der Waals surface area contributed by atoms with E-state index in [2.05, 4.69) is 22.0 Å². The maximum absolute atomic E-state index is 12.3. The van der Waals surface area contributed by atoms with Crippen molar-refractivity contribution in [1.29, 1.82) is 0 Å². The van der Waals surface area contributed by atoms with Crippen molar-refractivity contribution in [3.05, 3.63) is 90.1 Å².